The predicted molar refractivity (Wildman–Crippen MR) is 170 cm³/mol. The number of alkyl halides is 2. The van der Waals surface area contributed by atoms with Crippen molar-refractivity contribution >= 4 is 58.2 Å². The average molecular weight is 664 g/mol. The zero-order valence-corrected chi connectivity index (χ0v) is 26.4. The molecule has 8 nitrogen and oxygen atoms in total. The van der Waals surface area contributed by atoms with Gasteiger partial charge in [0.1, 0.15) is 17.3 Å². The highest BCUT2D eigenvalue weighted by molar-refractivity contribution is 6.58. The molecule has 2 aliphatic heterocycles. The van der Waals surface area contributed by atoms with Crippen LogP contribution >= 0.6 is 23.2 Å². The normalized spacial score (nSPS) is 30.2. The first kappa shape index (κ1) is 30.4. The van der Waals surface area contributed by atoms with E-state index in [-0.39, 0.29) is 35.7 Å². The number of rotatable bonds is 5. The molecule has 3 aromatic rings. The maximum absolute atomic E-state index is 14.4. The lowest BCUT2D eigenvalue weighted by atomic mass is 9.56. The van der Waals surface area contributed by atoms with Crippen molar-refractivity contribution in [3.8, 4) is 11.5 Å². The fourth-order valence-electron chi connectivity index (χ4n) is 7.77. The minimum Gasteiger partial charge on any atom is -0.508 e. The molecule has 0 radical (unpaired) electrons. The Hall–Kier alpha value is -4.21. The molecule has 2 saturated heterocycles. The number of aryl methyl sites for hydroxylation is 1. The lowest BCUT2D eigenvalue weighted by Gasteiger charge is -2.50. The molecule has 7 rings (SSSR count). The summed E-state index contributed by atoms with van der Waals surface area (Å²) in [6, 6.07) is 16.5. The average Bonchev–Trinajstić information content (AvgIpc) is 3.39. The second kappa shape index (κ2) is 10.7. The van der Waals surface area contributed by atoms with Gasteiger partial charge in [-0.25, -0.2) is 9.29 Å². The number of carbonyl (C=O) groups is 4. The zero-order chi connectivity index (χ0) is 32.7. The topological polar surface area (TPSA) is 104 Å². The van der Waals surface area contributed by atoms with E-state index in [1.165, 1.54) is 42.3 Å². The summed E-state index contributed by atoms with van der Waals surface area (Å²) in [6.07, 6.45) is 2.54. The Bertz CT molecular complexity index is 1850. The van der Waals surface area contributed by atoms with E-state index in [4.69, 9.17) is 27.9 Å². The molecule has 3 fully saturated rings. The first-order chi connectivity index (χ1) is 22.0. The van der Waals surface area contributed by atoms with Crippen molar-refractivity contribution in [1.82, 2.24) is 0 Å². The Morgan fingerprint density at radius 1 is 0.891 bits per heavy atom. The predicted octanol–water partition coefficient (Wildman–Crippen LogP) is 5.87. The van der Waals surface area contributed by atoms with E-state index in [2.05, 4.69) is 0 Å². The summed E-state index contributed by atoms with van der Waals surface area (Å²) in [4.78, 5) is 54.6. The van der Waals surface area contributed by atoms with Crippen LogP contribution in [0.5, 0.6) is 11.5 Å². The third kappa shape index (κ3) is 4.04. The molecular formula is C35H29Cl2FN2O6. The summed E-state index contributed by atoms with van der Waals surface area (Å²) in [6.45, 7) is 2.01. The number of halogens is 3. The van der Waals surface area contributed by atoms with Crippen LogP contribution in [0.2, 0.25) is 0 Å². The Morgan fingerprint density at radius 3 is 2.20 bits per heavy atom. The summed E-state index contributed by atoms with van der Waals surface area (Å²) in [5, 5.41) is 11.2. The Labute approximate surface area is 274 Å². The first-order valence-corrected chi connectivity index (χ1v) is 15.8. The Balaban J connectivity index is 1.40. The van der Waals surface area contributed by atoms with E-state index in [1.54, 1.807) is 18.2 Å². The number of nitrogens with zero attached hydrogens (tertiary/aromatic N) is 2. The number of imide groups is 2. The number of phenols is 1. The number of fused-ring (bicyclic) bond motifs is 4. The summed E-state index contributed by atoms with van der Waals surface area (Å²) >= 11 is 14.7. The largest absolute Gasteiger partial charge is 0.508 e. The maximum atomic E-state index is 14.4. The lowest BCUT2D eigenvalue weighted by Crippen LogP contribution is -2.60. The fourth-order valence-corrected chi connectivity index (χ4v) is 8.70. The van der Waals surface area contributed by atoms with Crippen molar-refractivity contribution in [2.45, 2.75) is 41.9 Å². The number of ether oxygens (including phenoxy) is 1. The highest BCUT2D eigenvalue weighted by atomic mass is 35.5. The number of aromatic hydroxyl groups is 1. The molecular weight excluding hydrogens is 634 g/mol. The summed E-state index contributed by atoms with van der Waals surface area (Å²) < 4.78 is 19.3. The lowest BCUT2D eigenvalue weighted by molar-refractivity contribution is -0.125. The molecule has 0 bridgehead atoms. The van der Waals surface area contributed by atoms with Gasteiger partial charge in [0.05, 0.1) is 30.3 Å². The van der Waals surface area contributed by atoms with Crippen molar-refractivity contribution in [1.29, 1.82) is 0 Å². The molecule has 2 aliphatic carbocycles. The number of hydrogen-bond donors (Lipinski definition) is 1. The summed E-state index contributed by atoms with van der Waals surface area (Å²) in [5.74, 6) is -6.50. The summed E-state index contributed by atoms with van der Waals surface area (Å²) in [5.41, 5.74) is 2.28. The van der Waals surface area contributed by atoms with Gasteiger partial charge >= 0.3 is 0 Å². The van der Waals surface area contributed by atoms with Crippen LogP contribution in [-0.4, -0.2) is 45.6 Å². The van der Waals surface area contributed by atoms with Crippen molar-refractivity contribution in [3.63, 3.8) is 0 Å². The minimum absolute atomic E-state index is 0.0723. The number of amides is 4. The standard InChI is InChI=1S/C35H29Cl2FN2O6/c1-3-18-4-8-20(9-5-18)39-30(42)24-14-13-23-26(28(24)31(39)43)17-34(36)32(44)40(21-10-6-19(38)7-11-21)33(45)35(34,37)29(23)25-16-22(46-2)12-15-27(25)41/h4-13,15-16,24,26,28-29,41H,3,14,17H2,1-2H3. The number of anilines is 2. The molecule has 236 valence electrons. The van der Waals surface area contributed by atoms with Gasteiger partial charge in [-0.3, -0.25) is 24.1 Å². The van der Waals surface area contributed by atoms with Gasteiger partial charge < -0.3 is 9.84 Å². The van der Waals surface area contributed by atoms with Crippen LogP contribution in [0, 0.1) is 23.6 Å². The SMILES string of the molecule is CCc1ccc(N2C(=O)C3CC=C4C(CC5(Cl)C(=O)N(c6ccc(F)cc6)C(=O)C5(Cl)C4c4cc(OC)ccc4O)C3C2=O)cc1. The fraction of sp³-hybridized carbons (Fsp3) is 0.314. The van der Waals surface area contributed by atoms with Crippen LogP contribution in [-0.2, 0) is 25.6 Å². The van der Waals surface area contributed by atoms with Crippen molar-refractivity contribution < 1.29 is 33.4 Å². The van der Waals surface area contributed by atoms with Crippen LogP contribution < -0.4 is 14.5 Å². The van der Waals surface area contributed by atoms with E-state index in [0.29, 0.717) is 17.0 Å². The van der Waals surface area contributed by atoms with Gasteiger partial charge in [-0.05, 0) is 85.3 Å². The molecule has 11 heteroatoms. The number of phenolic OH excluding ortho intramolecular Hbond substituents is 1. The molecule has 1 saturated carbocycles. The number of benzene rings is 3. The molecule has 0 aromatic heterocycles. The monoisotopic (exact) mass is 662 g/mol. The smallest absolute Gasteiger partial charge is 0.258 e. The number of carbonyl (C=O) groups excluding carboxylic acids is 4. The second-order valence-corrected chi connectivity index (χ2v) is 13.4. The molecule has 4 amide bonds. The number of hydrogen-bond acceptors (Lipinski definition) is 6. The molecule has 3 aromatic carbocycles. The van der Waals surface area contributed by atoms with E-state index < -0.39 is 57.0 Å². The van der Waals surface area contributed by atoms with Crippen molar-refractivity contribution in [3.05, 3.63) is 95.3 Å². The van der Waals surface area contributed by atoms with Crippen LogP contribution in [0.25, 0.3) is 0 Å². The molecule has 2 heterocycles. The molecule has 6 atom stereocenters. The summed E-state index contributed by atoms with van der Waals surface area (Å²) in [7, 11) is 1.44. The molecule has 4 aliphatic rings. The first-order valence-electron chi connectivity index (χ1n) is 15.0. The van der Waals surface area contributed by atoms with E-state index in [1.807, 2.05) is 19.1 Å². The van der Waals surface area contributed by atoms with E-state index in [0.717, 1.165) is 29.0 Å². The van der Waals surface area contributed by atoms with Gasteiger partial charge in [-0.2, -0.15) is 0 Å². The molecule has 1 N–H and O–H groups in total. The zero-order valence-electron chi connectivity index (χ0n) is 24.9. The number of allylic oxidation sites excluding steroid dienone is 2. The van der Waals surface area contributed by atoms with Gasteiger partial charge in [0, 0.05) is 11.5 Å². The van der Waals surface area contributed by atoms with Gasteiger partial charge in [0.15, 0.2) is 9.75 Å². The van der Waals surface area contributed by atoms with Crippen molar-refractivity contribution in [2.24, 2.45) is 17.8 Å². The second-order valence-electron chi connectivity index (χ2n) is 12.2. The highest BCUT2D eigenvalue weighted by Gasteiger charge is 2.77. The van der Waals surface area contributed by atoms with Gasteiger partial charge in [0.2, 0.25) is 11.8 Å². The Morgan fingerprint density at radius 2 is 1.54 bits per heavy atom. The number of methoxy groups -OCH3 is 1. The van der Waals surface area contributed by atoms with Gasteiger partial charge in [-0.1, -0.05) is 30.7 Å². The minimum atomic E-state index is -2.17. The molecule has 6 unspecified atom stereocenters. The van der Waals surface area contributed by atoms with Crippen LogP contribution in [0.4, 0.5) is 15.8 Å². The highest BCUT2D eigenvalue weighted by Crippen LogP contribution is 2.66. The van der Waals surface area contributed by atoms with Crippen LogP contribution in [0.1, 0.15) is 36.8 Å². The maximum Gasteiger partial charge on any atom is 0.258 e. The molecule has 46 heavy (non-hydrogen) atoms. The third-order valence-corrected chi connectivity index (χ3v) is 11.5. The van der Waals surface area contributed by atoms with Crippen molar-refractivity contribution in [2.75, 3.05) is 16.9 Å². The van der Waals surface area contributed by atoms with E-state index >= 15 is 0 Å². The van der Waals surface area contributed by atoms with E-state index in [9.17, 15) is 28.7 Å². The van der Waals surface area contributed by atoms with Crippen LogP contribution in [0.15, 0.2) is 78.4 Å². The quantitative estimate of drug-likeness (QED) is 0.208. The molecule has 0 spiro atoms. The third-order valence-electron chi connectivity index (χ3n) is 10.0. The Kier molecular flexibility index (Phi) is 7.06. The van der Waals surface area contributed by atoms with Crippen LogP contribution in [0.3, 0.4) is 0 Å². The van der Waals surface area contributed by atoms with Gasteiger partial charge in [0.25, 0.3) is 11.8 Å². The van der Waals surface area contributed by atoms with Gasteiger partial charge in [-0.15, -0.1) is 23.2 Å².